The van der Waals surface area contributed by atoms with E-state index < -0.39 is 6.10 Å². The van der Waals surface area contributed by atoms with Crippen LogP contribution in [0.4, 0.5) is 0 Å². The highest BCUT2D eigenvalue weighted by Gasteiger charge is 2.28. The van der Waals surface area contributed by atoms with E-state index >= 15 is 0 Å². The molecule has 1 saturated heterocycles. The van der Waals surface area contributed by atoms with Crippen LogP contribution in [0.25, 0.3) is 0 Å². The molecular formula is C27H35NO4S. The Hall–Kier alpha value is -2.44. The van der Waals surface area contributed by atoms with Gasteiger partial charge in [-0.15, -0.1) is 11.3 Å². The Morgan fingerprint density at radius 3 is 2.76 bits per heavy atom. The quantitative estimate of drug-likeness (QED) is 0.350. The molecule has 0 aliphatic carbocycles. The van der Waals surface area contributed by atoms with Crippen LogP contribution in [-0.2, 0) is 22.4 Å². The number of likely N-dealkylation sites (tertiary alicyclic amines) is 1. The molecule has 0 saturated carbocycles. The SMILES string of the molecule is COC(=O)c1ccc(CCCN2C(=O)CC[C@@H]2/C=C/[C@H](O)C(C)CCCc2ccccc2)s1. The third-order valence-electron chi connectivity index (χ3n) is 6.33. The highest BCUT2D eigenvalue weighted by Crippen LogP contribution is 2.23. The second kappa shape index (κ2) is 12.7. The van der Waals surface area contributed by atoms with Crippen LogP contribution in [0.2, 0.25) is 0 Å². The lowest BCUT2D eigenvalue weighted by Gasteiger charge is -2.23. The lowest BCUT2D eigenvalue weighted by molar-refractivity contribution is -0.128. The van der Waals surface area contributed by atoms with Crippen molar-refractivity contribution < 1.29 is 19.4 Å². The molecule has 0 bridgehead atoms. The van der Waals surface area contributed by atoms with E-state index in [9.17, 15) is 14.7 Å². The summed E-state index contributed by atoms with van der Waals surface area (Å²) in [5.74, 6) is 0.0499. The van der Waals surface area contributed by atoms with E-state index in [1.54, 1.807) is 6.07 Å². The van der Waals surface area contributed by atoms with Gasteiger partial charge in [0.15, 0.2) is 0 Å². The summed E-state index contributed by atoms with van der Waals surface area (Å²) >= 11 is 1.45. The van der Waals surface area contributed by atoms with E-state index in [-0.39, 0.29) is 23.8 Å². The molecule has 0 radical (unpaired) electrons. The van der Waals surface area contributed by atoms with E-state index in [4.69, 9.17) is 4.74 Å². The number of carbonyl (C=O) groups is 2. The van der Waals surface area contributed by atoms with Gasteiger partial charge in [-0.25, -0.2) is 4.79 Å². The van der Waals surface area contributed by atoms with Crippen LogP contribution in [0.15, 0.2) is 54.6 Å². The minimum absolute atomic E-state index is 0.0534. The molecule has 178 valence electrons. The van der Waals surface area contributed by atoms with Gasteiger partial charge in [0.25, 0.3) is 0 Å². The lowest BCUT2D eigenvalue weighted by atomic mass is 9.95. The summed E-state index contributed by atoms with van der Waals surface area (Å²) in [4.78, 5) is 27.6. The van der Waals surface area contributed by atoms with Crippen molar-refractivity contribution in [3.8, 4) is 0 Å². The maximum Gasteiger partial charge on any atom is 0.348 e. The maximum absolute atomic E-state index is 12.4. The number of carbonyl (C=O) groups excluding carboxylic acids is 2. The summed E-state index contributed by atoms with van der Waals surface area (Å²) in [6, 6.07) is 14.2. The smallest absolute Gasteiger partial charge is 0.348 e. The molecule has 1 N–H and O–H groups in total. The number of hydrogen-bond acceptors (Lipinski definition) is 5. The van der Waals surface area contributed by atoms with Gasteiger partial charge in [-0.3, -0.25) is 4.79 Å². The highest BCUT2D eigenvalue weighted by atomic mass is 32.1. The predicted molar refractivity (Wildman–Crippen MR) is 132 cm³/mol. The predicted octanol–water partition coefficient (Wildman–Crippen LogP) is 5.03. The first-order valence-corrected chi connectivity index (χ1v) is 12.7. The molecule has 5 nitrogen and oxygen atoms in total. The Bertz CT molecular complexity index is 923. The van der Waals surface area contributed by atoms with Gasteiger partial charge in [-0.2, -0.15) is 0 Å². The van der Waals surface area contributed by atoms with Gasteiger partial charge in [0.05, 0.1) is 19.3 Å². The van der Waals surface area contributed by atoms with E-state index in [2.05, 4.69) is 31.2 Å². The molecule has 33 heavy (non-hydrogen) atoms. The van der Waals surface area contributed by atoms with Crippen molar-refractivity contribution >= 4 is 23.2 Å². The van der Waals surface area contributed by atoms with Crippen LogP contribution in [0, 0.1) is 5.92 Å². The third-order valence-corrected chi connectivity index (χ3v) is 7.45. The number of esters is 1. The van der Waals surface area contributed by atoms with Crippen molar-refractivity contribution in [2.45, 2.75) is 64.0 Å². The summed E-state index contributed by atoms with van der Waals surface area (Å²) in [6.45, 7) is 2.77. The average molecular weight is 470 g/mol. The number of hydrogen-bond donors (Lipinski definition) is 1. The molecule has 1 unspecified atom stereocenters. The number of aliphatic hydroxyl groups excluding tert-OH is 1. The summed E-state index contributed by atoms with van der Waals surface area (Å²) in [5.41, 5.74) is 1.33. The number of nitrogens with zero attached hydrogens (tertiary/aromatic N) is 1. The van der Waals surface area contributed by atoms with Crippen LogP contribution >= 0.6 is 11.3 Å². The fraction of sp³-hybridized carbons (Fsp3) is 0.481. The van der Waals surface area contributed by atoms with Crippen molar-refractivity contribution in [3.63, 3.8) is 0 Å². The van der Waals surface area contributed by atoms with Crippen LogP contribution < -0.4 is 0 Å². The number of benzene rings is 1. The molecule has 1 aromatic heterocycles. The molecule has 6 heteroatoms. The largest absolute Gasteiger partial charge is 0.465 e. The molecule has 3 rings (SSSR count). The topological polar surface area (TPSA) is 66.8 Å². The van der Waals surface area contributed by atoms with Crippen molar-refractivity contribution in [2.75, 3.05) is 13.7 Å². The lowest BCUT2D eigenvalue weighted by Crippen LogP contribution is -2.33. The molecule has 1 fully saturated rings. The molecule has 0 spiro atoms. The van der Waals surface area contributed by atoms with E-state index in [0.717, 1.165) is 43.4 Å². The zero-order chi connectivity index (χ0) is 23.6. The van der Waals surface area contributed by atoms with E-state index in [1.165, 1.54) is 24.0 Å². The summed E-state index contributed by atoms with van der Waals surface area (Å²) in [6.07, 6.45) is 9.46. The minimum Gasteiger partial charge on any atom is -0.465 e. The number of ether oxygens (including phenoxy) is 1. The molecule has 2 heterocycles. The second-order valence-corrected chi connectivity index (χ2v) is 9.95. The molecule has 2 aromatic rings. The standard InChI is InChI=1S/C27H35NO4S/c1-20(8-6-11-21-9-4-3-5-10-21)24(29)16-13-22-14-18-26(30)28(22)19-7-12-23-15-17-25(33-23)27(31)32-2/h3-5,9-10,13,15-17,20,22,24,29H,6-8,11-12,14,18-19H2,1-2H3/b16-13+/t20?,22-,24-/m0/s1. The summed E-state index contributed by atoms with van der Waals surface area (Å²) in [7, 11) is 1.39. The van der Waals surface area contributed by atoms with E-state index in [1.807, 2.05) is 29.2 Å². The number of thiophene rings is 1. The average Bonchev–Trinajstić information content (AvgIpc) is 3.44. The van der Waals surface area contributed by atoms with Crippen LogP contribution in [0.5, 0.6) is 0 Å². The maximum atomic E-state index is 12.4. The summed E-state index contributed by atoms with van der Waals surface area (Å²) < 4.78 is 4.76. The van der Waals surface area contributed by atoms with Gasteiger partial charge in [0.2, 0.25) is 5.91 Å². The Balaban J connectivity index is 1.43. The Labute approximate surface area is 201 Å². The third kappa shape index (κ3) is 7.54. The molecule has 3 atom stereocenters. The van der Waals surface area contributed by atoms with Gasteiger partial charge in [0.1, 0.15) is 4.88 Å². The first-order valence-electron chi connectivity index (χ1n) is 11.8. The fourth-order valence-corrected chi connectivity index (χ4v) is 5.24. The van der Waals surface area contributed by atoms with Crippen molar-refractivity contribution in [1.29, 1.82) is 0 Å². The minimum atomic E-state index is -0.499. The van der Waals surface area contributed by atoms with Gasteiger partial charge >= 0.3 is 5.97 Å². The van der Waals surface area contributed by atoms with Gasteiger partial charge in [-0.05, 0) is 62.1 Å². The Morgan fingerprint density at radius 1 is 1.21 bits per heavy atom. The second-order valence-electron chi connectivity index (χ2n) is 8.78. The molecule has 1 aromatic carbocycles. The first kappa shape index (κ1) is 25.2. The van der Waals surface area contributed by atoms with Crippen LogP contribution in [0.3, 0.4) is 0 Å². The molecule has 1 amide bonds. The van der Waals surface area contributed by atoms with Gasteiger partial charge < -0.3 is 14.7 Å². The number of aliphatic hydroxyl groups is 1. The van der Waals surface area contributed by atoms with Gasteiger partial charge in [-0.1, -0.05) is 49.4 Å². The Kier molecular flexibility index (Phi) is 9.70. The highest BCUT2D eigenvalue weighted by molar-refractivity contribution is 7.13. The van der Waals surface area contributed by atoms with Crippen molar-refractivity contribution in [3.05, 3.63) is 69.9 Å². The van der Waals surface area contributed by atoms with Crippen molar-refractivity contribution in [2.24, 2.45) is 5.92 Å². The number of aryl methyl sites for hydroxylation is 2. The van der Waals surface area contributed by atoms with Crippen LogP contribution in [0.1, 0.15) is 59.1 Å². The zero-order valence-corrected chi connectivity index (χ0v) is 20.4. The summed E-state index contributed by atoms with van der Waals surface area (Å²) in [5, 5.41) is 10.6. The first-order chi connectivity index (χ1) is 16.0. The number of rotatable bonds is 12. The monoisotopic (exact) mass is 469 g/mol. The molecular weight excluding hydrogens is 434 g/mol. The fourth-order valence-electron chi connectivity index (χ4n) is 4.27. The normalized spacial score (nSPS) is 18.1. The van der Waals surface area contributed by atoms with Gasteiger partial charge in [0, 0.05) is 17.8 Å². The van der Waals surface area contributed by atoms with E-state index in [0.29, 0.717) is 17.8 Å². The molecule has 1 aliphatic heterocycles. The molecule has 1 aliphatic rings. The number of amides is 1. The zero-order valence-electron chi connectivity index (χ0n) is 19.6. The van der Waals surface area contributed by atoms with Crippen LogP contribution in [-0.4, -0.2) is 47.7 Å². The Morgan fingerprint density at radius 2 is 2.00 bits per heavy atom. The number of methoxy groups -OCH3 is 1. The van der Waals surface area contributed by atoms with Crippen molar-refractivity contribution in [1.82, 2.24) is 4.90 Å².